The van der Waals surface area contributed by atoms with Gasteiger partial charge in [0.05, 0.1) is 23.8 Å². The monoisotopic (exact) mass is 321 g/mol. The van der Waals surface area contributed by atoms with Crippen molar-refractivity contribution in [2.24, 2.45) is 0 Å². The molecule has 1 heterocycles. The Morgan fingerprint density at radius 1 is 1.40 bits per heavy atom. The zero-order chi connectivity index (χ0) is 13.7. The Kier molecular flexibility index (Phi) is 7.09. The summed E-state index contributed by atoms with van der Waals surface area (Å²) < 4.78 is 10.8. The van der Waals surface area contributed by atoms with E-state index in [1.165, 1.54) is 12.1 Å². The minimum absolute atomic E-state index is 0. The Labute approximate surface area is 128 Å². The molecule has 0 spiro atoms. The molecule has 0 saturated carbocycles. The van der Waals surface area contributed by atoms with E-state index in [0.29, 0.717) is 17.4 Å². The third-order valence-corrected chi connectivity index (χ3v) is 3.24. The summed E-state index contributed by atoms with van der Waals surface area (Å²) in [6.45, 7) is 4.67. The maximum atomic E-state index is 10.8. The van der Waals surface area contributed by atoms with Crippen LogP contribution < -0.4 is 4.74 Å². The SMILES string of the molecule is Cl.O=C(O)c1ccc(OCCN2CCOCC2)c(Cl)c1. The molecule has 0 bridgehead atoms. The van der Waals surface area contributed by atoms with Crippen molar-refractivity contribution in [2.45, 2.75) is 0 Å². The van der Waals surface area contributed by atoms with Crippen molar-refractivity contribution in [1.82, 2.24) is 4.90 Å². The van der Waals surface area contributed by atoms with Gasteiger partial charge < -0.3 is 14.6 Å². The highest BCUT2D eigenvalue weighted by molar-refractivity contribution is 6.32. The molecule has 0 aliphatic carbocycles. The van der Waals surface area contributed by atoms with Gasteiger partial charge in [-0.3, -0.25) is 4.90 Å². The number of benzene rings is 1. The van der Waals surface area contributed by atoms with E-state index in [2.05, 4.69) is 4.90 Å². The molecule has 1 N–H and O–H groups in total. The average Bonchev–Trinajstić information content (AvgIpc) is 2.41. The third-order valence-electron chi connectivity index (χ3n) is 2.95. The summed E-state index contributed by atoms with van der Waals surface area (Å²) in [5.41, 5.74) is 0.158. The van der Waals surface area contributed by atoms with Crippen LogP contribution in [0.25, 0.3) is 0 Å². The number of carboxylic acids is 1. The molecule has 5 nitrogen and oxygen atoms in total. The number of halogens is 2. The number of aromatic carboxylic acids is 1. The van der Waals surface area contributed by atoms with Gasteiger partial charge in [-0.25, -0.2) is 4.79 Å². The van der Waals surface area contributed by atoms with Crippen LogP contribution in [0.1, 0.15) is 10.4 Å². The summed E-state index contributed by atoms with van der Waals surface area (Å²) in [6.07, 6.45) is 0. The fourth-order valence-electron chi connectivity index (χ4n) is 1.86. The first kappa shape index (κ1) is 17.0. The second-order valence-corrected chi connectivity index (χ2v) is 4.66. The van der Waals surface area contributed by atoms with Crippen molar-refractivity contribution in [3.63, 3.8) is 0 Å². The minimum atomic E-state index is -0.998. The number of hydrogen-bond donors (Lipinski definition) is 1. The van der Waals surface area contributed by atoms with Gasteiger partial charge >= 0.3 is 5.97 Å². The number of morpholine rings is 1. The van der Waals surface area contributed by atoms with Crippen molar-refractivity contribution in [2.75, 3.05) is 39.5 Å². The van der Waals surface area contributed by atoms with Gasteiger partial charge in [0.15, 0.2) is 0 Å². The predicted octanol–water partition coefficient (Wildman–Crippen LogP) is 2.17. The lowest BCUT2D eigenvalue weighted by Gasteiger charge is -2.26. The second kappa shape index (κ2) is 8.32. The lowest BCUT2D eigenvalue weighted by atomic mass is 10.2. The fourth-order valence-corrected chi connectivity index (χ4v) is 2.10. The molecule has 1 fully saturated rings. The molecular weight excluding hydrogens is 305 g/mol. The van der Waals surface area contributed by atoms with Crippen LogP contribution in [0.3, 0.4) is 0 Å². The predicted molar refractivity (Wildman–Crippen MR) is 78.4 cm³/mol. The van der Waals surface area contributed by atoms with Crippen molar-refractivity contribution in [1.29, 1.82) is 0 Å². The first-order valence-corrected chi connectivity index (χ1v) is 6.50. The molecule has 20 heavy (non-hydrogen) atoms. The van der Waals surface area contributed by atoms with Gasteiger partial charge in [0, 0.05) is 19.6 Å². The summed E-state index contributed by atoms with van der Waals surface area (Å²) in [5.74, 6) is -0.485. The fraction of sp³-hybridized carbons (Fsp3) is 0.462. The number of carbonyl (C=O) groups is 1. The van der Waals surface area contributed by atoms with Gasteiger partial charge in [0.2, 0.25) is 0 Å². The highest BCUT2D eigenvalue weighted by atomic mass is 35.5. The Bertz CT molecular complexity index is 450. The van der Waals surface area contributed by atoms with E-state index in [4.69, 9.17) is 26.2 Å². The van der Waals surface area contributed by atoms with Gasteiger partial charge in [0.25, 0.3) is 0 Å². The van der Waals surface area contributed by atoms with Crippen LogP contribution in [-0.2, 0) is 4.74 Å². The van der Waals surface area contributed by atoms with Crippen LogP contribution in [-0.4, -0.2) is 55.4 Å². The summed E-state index contributed by atoms with van der Waals surface area (Å²) in [6, 6.07) is 4.47. The lowest BCUT2D eigenvalue weighted by molar-refractivity contribution is 0.0322. The topological polar surface area (TPSA) is 59.0 Å². The number of nitrogens with zero attached hydrogens (tertiary/aromatic N) is 1. The number of hydrogen-bond acceptors (Lipinski definition) is 4. The van der Waals surface area contributed by atoms with Crippen LogP contribution in [0.15, 0.2) is 18.2 Å². The Balaban J connectivity index is 0.00000200. The third kappa shape index (κ3) is 4.83. The van der Waals surface area contributed by atoms with Gasteiger partial charge in [-0.15, -0.1) is 12.4 Å². The number of ether oxygens (including phenoxy) is 2. The first-order valence-electron chi connectivity index (χ1n) is 6.12. The molecule has 112 valence electrons. The summed E-state index contributed by atoms with van der Waals surface area (Å²) in [7, 11) is 0. The largest absolute Gasteiger partial charge is 0.491 e. The van der Waals surface area contributed by atoms with E-state index >= 15 is 0 Å². The standard InChI is InChI=1S/C13H16ClNO4.ClH/c14-11-9-10(13(16)17)1-2-12(11)19-8-5-15-3-6-18-7-4-15;/h1-2,9H,3-8H2,(H,16,17);1H. The zero-order valence-electron chi connectivity index (χ0n) is 10.9. The van der Waals surface area contributed by atoms with Crippen molar-refractivity contribution in [3.8, 4) is 5.75 Å². The highest BCUT2D eigenvalue weighted by Gasteiger charge is 2.11. The Morgan fingerprint density at radius 2 is 2.10 bits per heavy atom. The molecule has 0 atom stereocenters. The first-order chi connectivity index (χ1) is 9.16. The lowest BCUT2D eigenvalue weighted by Crippen LogP contribution is -2.38. The van der Waals surface area contributed by atoms with Crippen molar-refractivity contribution in [3.05, 3.63) is 28.8 Å². The smallest absolute Gasteiger partial charge is 0.335 e. The quantitative estimate of drug-likeness (QED) is 0.900. The number of rotatable bonds is 5. The minimum Gasteiger partial charge on any atom is -0.491 e. The molecule has 1 saturated heterocycles. The van der Waals surface area contributed by atoms with Gasteiger partial charge in [-0.1, -0.05) is 11.6 Å². The van der Waals surface area contributed by atoms with E-state index in [1.54, 1.807) is 6.07 Å². The van der Waals surface area contributed by atoms with E-state index in [1.807, 2.05) is 0 Å². The molecule has 0 amide bonds. The Morgan fingerprint density at radius 3 is 2.70 bits per heavy atom. The molecular formula is C13H17Cl2NO4. The van der Waals surface area contributed by atoms with Gasteiger partial charge in [0.1, 0.15) is 12.4 Å². The summed E-state index contributed by atoms with van der Waals surface area (Å²) in [4.78, 5) is 13.0. The molecule has 0 aromatic heterocycles. The Hall–Kier alpha value is -1.01. The van der Waals surface area contributed by atoms with E-state index in [0.717, 1.165) is 32.8 Å². The van der Waals surface area contributed by atoms with Crippen LogP contribution >= 0.6 is 24.0 Å². The molecule has 0 radical (unpaired) electrons. The van der Waals surface area contributed by atoms with Crippen LogP contribution in [0, 0.1) is 0 Å². The van der Waals surface area contributed by atoms with E-state index in [9.17, 15) is 4.79 Å². The van der Waals surface area contributed by atoms with Crippen LogP contribution in [0.2, 0.25) is 5.02 Å². The summed E-state index contributed by atoms with van der Waals surface area (Å²) >= 11 is 5.97. The number of carboxylic acid groups (broad SMARTS) is 1. The maximum absolute atomic E-state index is 10.8. The molecule has 1 aliphatic heterocycles. The molecule has 1 aliphatic rings. The molecule has 7 heteroatoms. The van der Waals surface area contributed by atoms with E-state index in [-0.39, 0.29) is 18.0 Å². The van der Waals surface area contributed by atoms with E-state index < -0.39 is 5.97 Å². The van der Waals surface area contributed by atoms with Gasteiger partial charge in [-0.05, 0) is 18.2 Å². The van der Waals surface area contributed by atoms with Gasteiger partial charge in [-0.2, -0.15) is 0 Å². The van der Waals surface area contributed by atoms with Crippen LogP contribution in [0.5, 0.6) is 5.75 Å². The maximum Gasteiger partial charge on any atom is 0.335 e. The molecule has 1 aromatic rings. The zero-order valence-corrected chi connectivity index (χ0v) is 12.5. The summed E-state index contributed by atoms with van der Waals surface area (Å²) in [5, 5.41) is 9.15. The molecule has 2 rings (SSSR count). The normalized spacial score (nSPS) is 15.4. The van der Waals surface area contributed by atoms with Crippen LogP contribution in [0.4, 0.5) is 0 Å². The van der Waals surface area contributed by atoms with Crippen molar-refractivity contribution >= 4 is 30.0 Å². The highest BCUT2D eigenvalue weighted by Crippen LogP contribution is 2.25. The van der Waals surface area contributed by atoms with Crippen molar-refractivity contribution < 1.29 is 19.4 Å². The second-order valence-electron chi connectivity index (χ2n) is 4.25. The molecule has 1 aromatic carbocycles. The molecule has 0 unspecified atom stereocenters. The average molecular weight is 322 g/mol.